The van der Waals surface area contributed by atoms with Gasteiger partial charge in [0.15, 0.2) is 0 Å². The van der Waals surface area contributed by atoms with Crippen molar-refractivity contribution in [2.75, 3.05) is 0 Å². The highest BCUT2D eigenvalue weighted by molar-refractivity contribution is 4.77. The summed E-state index contributed by atoms with van der Waals surface area (Å²) in [5.41, 5.74) is 0.785. The second kappa shape index (κ2) is 11.6. The van der Waals surface area contributed by atoms with Gasteiger partial charge in [-0.2, -0.15) is 0 Å². The first-order valence-electron chi connectivity index (χ1n) is 11.0. The molecule has 0 aromatic rings. The minimum atomic E-state index is 0.392. The molecule has 0 N–H and O–H groups in total. The Hall–Kier alpha value is -0.0400. The van der Waals surface area contributed by atoms with E-state index < -0.39 is 0 Å². The van der Waals surface area contributed by atoms with Crippen LogP contribution in [0.3, 0.4) is 0 Å². The van der Waals surface area contributed by atoms with E-state index >= 15 is 0 Å². The molecule has 0 saturated heterocycles. The predicted octanol–water partition coefficient (Wildman–Crippen LogP) is 8.27. The van der Waals surface area contributed by atoms with Crippen molar-refractivity contribution in [1.82, 2.24) is 0 Å². The average Bonchev–Trinajstić information content (AvgIpc) is 2.44. The average molecular weight is 355 g/mol. The van der Waals surface area contributed by atoms with Gasteiger partial charge in [0, 0.05) is 0 Å². The molecule has 1 nitrogen and oxygen atoms in total. The summed E-state index contributed by atoms with van der Waals surface area (Å²) in [6, 6.07) is 0. The normalized spacial score (nSPS) is 18.0. The molecule has 0 fully saturated rings. The van der Waals surface area contributed by atoms with Crippen molar-refractivity contribution in [3.63, 3.8) is 0 Å². The van der Waals surface area contributed by atoms with Gasteiger partial charge in [-0.3, -0.25) is 0 Å². The maximum Gasteiger partial charge on any atom is 0.0604 e. The Labute approximate surface area is 160 Å². The number of ether oxygens (including phenoxy) is 1. The van der Waals surface area contributed by atoms with Crippen molar-refractivity contribution in [2.45, 2.75) is 133 Å². The van der Waals surface area contributed by atoms with Crippen LogP contribution in [0, 0.1) is 22.7 Å². The summed E-state index contributed by atoms with van der Waals surface area (Å²) in [7, 11) is 0. The molecule has 4 unspecified atom stereocenters. The van der Waals surface area contributed by atoms with Gasteiger partial charge in [0.2, 0.25) is 0 Å². The lowest BCUT2D eigenvalue weighted by molar-refractivity contribution is -0.0789. The molecule has 0 rings (SSSR count). The van der Waals surface area contributed by atoms with Crippen LogP contribution < -0.4 is 0 Å². The van der Waals surface area contributed by atoms with Crippen LogP contribution in [0.4, 0.5) is 0 Å². The van der Waals surface area contributed by atoms with Gasteiger partial charge in [0.1, 0.15) is 0 Å². The van der Waals surface area contributed by atoms with Crippen molar-refractivity contribution in [3.05, 3.63) is 0 Å². The zero-order valence-electron chi connectivity index (χ0n) is 19.4. The second-order valence-corrected chi connectivity index (χ2v) is 10.9. The summed E-state index contributed by atoms with van der Waals surface area (Å²) in [6.07, 6.45) is 10.8. The predicted molar refractivity (Wildman–Crippen MR) is 114 cm³/mol. The fourth-order valence-electron chi connectivity index (χ4n) is 3.63. The Morgan fingerprint density at radius 2 is 0.920 bits per heavy atom. The highest BCUT2D eigenvalue weighted by Gasteiger charge is 2.27. The van der Waals surface area contributed by atoms with Crippen LogP contribution >= 0.6 is 0 Å². The van der Waals surface area contributed by atoms with Crippen LogP contribution in [0.15, 0.2) is 0 Å². The first-order valence-corrected chi connectivity index (χ1v) is 11.0. The van der Waals surface area contributed by atoms with Crippen molar-refractivity contribution in [1.29, 1.82) is 0 Å². The molecule has 152 valence electrons. The van der Waals surface area contributed by atoms with E-state index in [1.165, 1.54) is 51.4 Å². The Balaban J connectivity index is 5.05. The number of rotatable bonds is 12. The Morgan fingerprint density at radius 3 is 1.16 bits per heavy atom. The molecule has 0 spiro atoms. The third kappa shape index (κ3) is 12.9. The molecule has 0 amide bonds. The van der Waals surface area contributed by atoms with Gasteiger partial charge in [0.05, 0.1) is 12.2 Å². The van der Waals surface area contributed by atoms with E-state index in [-0.39, 0.29) is 0 Å². The van der Waals surface area contributed by atoms with Crippen LogP contribution in [0.1, 0.15) is 121 Å². The van der Waals surface area contributed by atoms with Gasteiger partial charge in [-0.15, -0.1) is 0 Å². The van der Waals surface area contributed by atoms with Crippen LogP contribution in [-0.2, 0) is 4.74 Å². The zero-order valence-corrected chi connectivity index (χ0v) is 19.4. The van der Waals surface area contributed by atoms with E-state index in [0.29, 0.717) is 34.9 Å². The summed E-state index contributed by atoms with van der Waals surface area (Å²) >= 11 is 0. The third-order valence-corrected chi connectivity index (χ3v) is 5.46. The first-order chi connectivity index (χ1) is 11.4. The fraction of sp³-hybridized carbons (Fsp3) is 1.00. The van der Waals surface area contributed by atoms with Crippen LogP contribution in [0.5, 0.6) is 0 Å². The Morgan fingerprint density at radius 1 is 0.600 bits per heavy atom. The van der Waals surface area contributed by atoms with Crippen LogP contribution in [0.2, 0.25) is 0 Å². The molecule has 0 aromatic heterocycles. The first kappa shape index (κ1) is 25.0. The van der Waals surface area contributed by atoms with Crippen molar-refractivity contribution in [2.24, 2.45) is 22.7 Å². The van der Waals surface area contributed by atoms with Gasteiger partial charge in [-0.05, 0) is 61.2 Å². The maximum absolute atomic E-state index is 6.87. The third-order valence-electron chi connectivity index (χ3n) is 5.46. The van der Waals surface area contributed by atoms with E-state index in [1.54, 1.807) is 0 Å². The standard InChI is InChI=1S/C24H50O/c1-11-13-19(3)21(15-17-23(5,6)7)25-22(20(4)14-12-2)16-18-24(8,9)10/h19-22H,11-18H2,1-10H3. The monoisotopic (exact) mass is 354 g/mol. The second-order valence-electron chi connectivity index (χ2n) is 10.9. The largest absolute Gasteiger partial charge is 0.374 e. The summed E-state index contributed by atoms with van der Waals surface area (Å²) in [5, 5.41) is 0. The van der Waals surface area contributed by atoms with Gasteiger partial charge >= 0.3 is 0 Å². The molecule has 0 heterocycles. The lowest BCUT2D eigenvalue weighted by Gasteiger charge is -2.35. The molecule has 0 aromatic carbocycles. The smallest absolute Gasteiger partial charge is 0.0604 e. The Kier molecular flexibility index (Phi) is 11.6. The lowest BCUT2D eigenvalue weighted by Crippen LogP contribution is -2.33. The van der Waals surface area contributed by atoms with E-state index in [9.17, 15) is 0 Å². The summed E-state index contributed by atoms with van der Waals surface area (Å²) in [4.78, 5) is 0. The minimum Gasteiger partial charge on any atom is -0.374 e. The highest BCUT2D eigenvalue weighted by Crippen LogP contribution is 2.32. The van der Waals surface area contributed by atoms with Crippen molar-refractivity contribution >= 4 is 0 Å². The maximum atomic E-state index is 6.87. The van der Waals surface area contributed by atoms with E-state index in [2.05, 4.69) is 69.2 Å². The van der Waals surface area contributed by atoms with Gasteiger partial charge < -0.3 is 4.74 Å². The minimum absolute atomic E-state index is 0.392. The molecule has 0 aliphatic carbocycles. The quantitative estimate of drug-likeness (QED) is 0.342. The molecule has 25 heavy (non-hydrogen) atoms. The molecular weight excluding hydrogens is 304 g/mol. The van der Waals surface area contributed by atoms with Gasteiger partial charge in [-0.1, -0.05) is 82.1 Å². The molecule has 0 radical (unpaired) electrons. The van der Waals surface area contributed by atoms with Crippen molar-refractivity contribution < 1.29 is 4.74 Å². The van der Waals surface area contributed by atoms with E-state index in [4.69, 9.17) is 4.74 Å². The molecule has 0 aliphatic rings. The molecule has 0 bridgehead atoms. The van der Waals surface area contributed by atoms with Crippen LogP contribution in [0.25, 0.3) is 0 Å². The van der Waals surface area contributed by atoms with Crippen LogP contribution in [-0.4, -0.2) is 12.2 Å². The van der Waals surface area contributed by atoms with Gasteiger partial charge in [0.25, 0.3) is 0 Å². The molecule has 0 aliphatic heterocycles. The highest BCUT2D eigenvalue weighted by atomic mass is 16.5. The SMILES string of the molecule is CCCC(C)C(CCC(C)(C)C)OC(CCC(C)(C)C)C(C)CCC. The molecule has 0 saturated carbocycles. The molecular formula is C24H50O. The summed E-state index contributed by atoms with van der Waals surface area (Å²) < 4.78 is 6.87. The fourth-order valence-corrected chi connectivity index (χ4v) is 3.63. The summed E-state index contributed by atoms with van der Waals surface area (Å²) in [5.74, 6) is 1.33. The summed E-state index contributed by atoms with van der Waals surface area (Å²) in [6.45, 7) is 23.5. The zero-order chi connectivity index (χ0) is 19.7. The topological polar surface area (TPSA) is 9.23 Å². The number of hydrogen-bond donors (Lipinski definition) is 0. The Bertz CT molecular complexity index is 288. The van der Waals surface area contributed by atoms with E-state index in [1.807, 2.05) is 0 Å². The van der Waals surface area contributed by atoms with E-state index in [0.717, 1.165) is 0 Å². The van der Waals surface area contributed by atoms with Gasteiger partial charge in [-0.25, -0.2) is 0 Å². The van der Waals surface area contributed by atoms with Crippen molar-refractivity contribution in [3.8, 4) is 0 Å². The number of hydrogen-bond acceptors (Lipinski definition) is 1. The molecule has 1 heteroatoms. The molecule has 4 atom stereocenters. The lowest BCUT2D eigenvalue weighted by atomic mass is 9.84.